The Bertz CT molecular complexity index is 789. The third kappa shape index (κ3) is 4.54. The van der Waals surface area contributed by atoms with Gasteiger partial charge in [-0.15, -0.1) is 0 Å². The highest BCUT2D eigenvalue weighted by molar-refractivity contribution is 5.66. The summed E-state index contributed by atoms with van der Waals surface area (Å²) in [5, 5.41) is 4.06. The molecule has 1 aliphatic heterocycles. The summed E-state index contributed by atoms with van der Waals surface area (Å²) in [4.78, 5) is 11.2. The van der Waals surface area contributed by atoms with Crippen LogP contribution in [0.4, 0.5) is 6.01 Å². The maximum Gasteiger partial charge on any atom is 0.324 e. The molecule has 1 saturated heterocycles. The highest BCUT2D eigenvalue weighted by atomic mass is 16.5. The molecule has 2 aromatic rings. The lowest BCUT2D eigenvalue weighted by molar-refractivity contribution is 0.213. The van der Waals surface area contributed by atoms with Crippen molar-refractivity contribution in [3.63, 3.8) is 0 Å². The third-order valence-electron chi connectivity index (χ3n) is 5.56. The fraction of sp³-hybridized carbons (Fsp3) is 0.545. The maximum absolute atomic E-state index is 5.96. The van der Waals surface area contributed by atoms with Gasteiger partial charge in [-0.05, 0) is 61.6 Å². The van der Waals surface area contributed by atoms with E-state index in [-0.39, 0.29) is 5.92 Å². The number of anilines is 1. The van der Waals surface area contributed by atoms with Crippen molar-refractivity contribution >= 4 is 11.6 Å². The fourth-order valence-corrected chi connectivity index (χ4v) is 3.70. The molecule has 0 amide bonds. The number of piperidine rings is 1. The van der Waals surface area contributed by atoms with Crippen molar-refractivity contribution in [1.82, 2.24) is 15.1 Å². The van der Waals surface area contributed by atoms with Crippen LogP contribution in [0.3, 0.4) is 0 Å². The molecule has 1 aliphatic carbocycles. The van der Waals surface area contributed by atoms with Crippen molar-refractivity contribution in [2.24, 2.45) is 5.92 Å². The minimum absolute atomic E-state index is 0.287. The van der Waals surface area contributed by atoms with Gasteiger partial charge < -0.3 is 14.2 Å². The van der Waals surface area contributed by atoms with Crippen LogP contribution in [-0.4, -0.2) is 34.8 Å². The summed E-state index contributed by atoms with van der Waals surface area (Å²) in [5.41, 5.74) is 2.62. The first-order valence-electron chi connectivity index (χ1n) is 10.4. The van der Waals surface area contributed by atoms with Crippen LogP contribution < -0.4 is 9.64 Å². The number of hydrogen-bond donors (Lipinski definition) is 0. The summed E-state index contributed by atoms with van der Waals surface area (Å²) in [5.74, 6) is 2.31. The average Bonchev–Trinajstić information content (AvgIpc) is 3.24. The van der Waals surface area contributed by atoms with Gasteiger partial charge in [0.25, 0.3) is 0 Å². The van der Waals surface area contributed by atoms with Gasteiger partial charge in [0.05, 0.1) is 6.61 Å². The van der Waals surface area contributed by atoms with Crippen molar-refractivity contribution in [3.8, 4) is 5.88 Å². The molecule has 149 valence electrons. The number of ether oxygens (including phenoxy) is 1. The molecule has 3 heterocycles. The first-order chi connectivity index (χ1) is 13.7. The van der Waals surface area contributed by atoms with Gasteiger partial charge in [-0.1, -0.05) is 25.1 Å². The van der Waals surface area contributed by atoms with Crippen LogP contribution in [-0.2, 0) is 0 Å². The van der Waals surface area contributed by atoms with Gasteiger partial charge in [-0.25, -0.2) is 4.98 Å². The zero-order valence-corrected chi connectivity index (χ0v) is 16.8. The second kappa shape index (κ2) is 8.76. The standard InChI is InChI=1S/C22H29N4O2/c1-16(2)21-24-22(28-25-21)26-12-10-17(11-13-26)15-27-20-9-8-19(14-23-20)18-6-4-3-5-7-18/h3,6,8-9,14,16-17H,4-5,7,10-13,15H2,1-2H3. The van der Waals surface area contributed by atoms with Gasteiger partial charge in [0.1, 0.15) is 0 Å². The average molecular weight is 382 g/mol. The molecule has 0 atom stereocenters. The molecule has 6 nitrogen and oxygen atoms in total. The van der Waals surface area contributed by atoms with Crippen LogP contribution in [0, 0.1) is 12.3 Å². The van der Waals surface area contributed by atoms with E-state index in [0.717, 1.165) is 51.0 Å². The van der Waals surface area contributed by atoms with Crippen LogP contribution in [0.2, 0.25) is 0 Å². The minimum atomic E-state index is 0.287. The molecule has 0 N–H and O–H groups in total. The van der Waals surface area contributed by atoms with Gasteiger partial charge in [0.2, 0.25) is 5.88 Å². The Morgan fingerprint density at radius 1 is 1.25 bits per heavy atom. The van der Waals surface area contributed by atoms with Gasteiger partial charge >= 0.3 is 6.01 Å². The predicted octanol–water partition coefficient (Wildman–Crippen LogP) is 4.65. The largest absolute Gasteiger partial charge is 0.477 e. The number of allylic oxidation sites excluding steroid dienone is 2. The highest BCUT2D eigenvalue weighted by Gasteiger charge is 2.24. The molecule has 28 heavy (non-hydrogen) atoms. The Morgan fingerprint density at radius 2 is 2.11 bits per heavy atom. The zero-order valence-electron chi connectivity index (χ0n) is 16.8. The molecule has 1 radical (unpaired) electrons. The van der Waals surface area contributed by atoms with E-state index in [1.54, 1.807) is 0 Å². The Kier molecular flexibility index (Phi) is 5.93. The normalized spacial score (nSPS) is 18.4. The van der Waals surface area contributed by atoms with E-state index in [9.17, 15) is 0 Å². The first-order valence-corrected chi connectivity index (χ1v) is 10.4. The molecule has 0 bridgehead atoms. The summed E-state index contributed by atoms with van der Waals surface area (Å²) < 4.78 is 11.4. The fourth-order valence-electron chi connectivity index (χ4n) is 3.70. The number of nitrogens with zero attached hydrogens (tertiary/aromatic N) is 4. The lowest BCUT2D eigenvalue weighted by Crippen LogP contribution is -2.35. The predicted molar refractivity (Wildman–Crippen MR) is 109 cm³/mol. The van der Waals surface area contributed by atoms with Crippen molar-refractivity contribution in [2.45, 2.75) is 51.9 Å². The molecule has 2 aliphatic rings. The number of hydrogen-bond acceptors (Lipinski definition) is 6. The molecular formula is C22H29N4O2. The van der Waals surface area contributed by atoms with E-state index in [1.165, 1.54) is 11.1 Å². The number of pyridine rings is 1. The summed E-state index contributed by atoms with van der Waals surface area (Å²) in [6.45, 7) is 6.70. The van der Waals surface area contributed by atoms with Crippen LogP contribution in [0.1, 0.15) is 63.3 Å². The molecule has 1 fully saturated rings. The van der Waals surface area contributed by atoms with Gasteiger partial charge in [0, 0.05) is 31.3 Å². The van der Waals surface area contributed by atoms with Crippen molar-refractivity contribution in [2.75, 3.05) is 24.6 Å². The van der Waals surface area contributed by atoms with Crippen LogP contribution >= 0.6 is 0 Å². The Balaban J connectivity index is 1.24. The molecule has 0 aromatic carbocycles. The second-order valence-electron chi connectivity index (χ2n) is 8.01. The van der Waals surface area contributed by atoms with E-state index in [2.05, 4.69) is 52.4 Å². The number of aromatic nitrogens is 3. The van der Waals surface area contributed by atoms with Crippen LogP contribution in [0.15, 0.2) is 28.9 Å². The lowest BCUT2D eigenvalue weighted by Gasteiger charge is -2.30. The van der Waals surface area contributed by atoms with Gasteiger partial charge in [0.15, 0.2) is 5.82 Å². The highest BCUT2D eigenvalue weighted by Crippen LogP contribution is 2.27. The third-order valence-corrected chi connectivity index (χ3v) is 5.56. The van der Waals surface area contributed by atoms with Crippen molar-refractivity contribution in [3.05, 3.63) is 42.2 Å². The quantitative estimate of drug-likeness (QED) is 0.725. The molecule has 6 heteroatoms. The number of rotatable bonds is 6. The SMILES string of the molecule is CC(C)c1noc(N2CCC(COc3ccc(C4=CC[CH]CC4)cn3)CC2)n1. The van der Waals surface area contributed by atoms with E-state index < -0.39 is 0 Å². The van der Waals surface area contributed by atoms with Crippen LogP contribution in [0.25, 0.3) is 5.57 Å². The Hall–Kier alpha value is -2.37. The molecule has 0 saturated carbocycles. The second-order valence-corrected chi connectivity index (χ2v) is 8.01. The van der Waals surface area contributed by atoms with E-state index >= 15 is 0 Å². The van der Waals surface area contributed by atoms with E-state index in [1.807, 2.05) is 12.3 Å². The minimum Gasteiger partial charge on any atom is -0.477 e. The zero-order chi connectivity index (χ0) is 19.3. The van der Waals surface area contributed by atoms with Gasteiger partial charge in [-0.3, -0.25) is 0 Å². The van der Waals surface area contributed by atoms with Crippen LogP contribution in [0.5, 0.6) is 5.88 Å². The molecule has 2 aromatic heterocycles. The maximum atomic E-state index is 5.96. The molecular weight excluding hydrogens is 352 g/mol. The first kappa shape index (κ1) is 19.0. The summed E-state index contributed by atoms with van der Waals surface area (Å²) in [6.07, 6.45) is 12.0. The Morgan fingerprint density at radius 3 is 2.75 bits per heavy atom. The Labute approximate surface area is 167 Å². The van der Waals surface area contributed by atoms with E-state index in [4.69, 9.17) is 9.26 Å². The smallest absolute Gasteiger partial charge is 0.324 e. The summed E-state index contributed by atoms with van der Waals surface area (Å²) in [6, 6.07) is 4.77. The summed E-state index contributed by atoms with van der Waals surface area (Å²) in [7, 11) is 0. The van der Waals surface area contributed by atoms with Crippen molar-refractivity contribution < 1.29 is 9.26 Å². The molecule has 0 spiro atoms. The van der Waals surface area contributed by atoms with Crippen molar-refractivity contribution in [1.29, 1.82) is 0 Å². The van der Waals surface area contributed by atoms with Gasteiger partial charge in [-0.2, -0.15) is 4.98 Å². The summed E-state index contributed by atoms with van der Waals surface area (Å²) >= 11 is 0. The lowest BCUT2D eigenvalue weighted by atomic mass is 9.95. The molecule has 0 unspecified atom stereocenters. The monoisotopic (exact) mass is 381 g/mol. The molecule has 4 rings (SSSR count). The topological polar surface area (TPSA) is 64.3 Å². The van der Waals surface area contributed by atoms with E-state index in [0.29, 0.717) is 24.4 Å².